The van der Waals surface area contributed by atoms with E-state index >= 15 is 0 Å². The predicted octanol–water partition coefficient (Wildman–Crippen LogP) is 2.66. The Kier molecular flexibility index (Phi) is 6.20. The summed E-state index contributed by atoms with van der Waals surface area (Å²) in [6, 6.07) is 6.61. The fourth-order valence-electron chi connectivity index (χ4n) is 3.54. The summed E-state index contributed by atoms with van der Waals surface area (Å²) in [7, 11) is 0. The number of nitrogens with one attached hydrogen (secondary N) is 1. The second-order valence-corrected chi connectivity index (χ2v) is 6.53. The lowest BCUT2D eigenvalue weighted by Crippen LogP contribution is -2.49. The summed E-state index contributed by atoms with van der Waals surface area (Å²) in [6.07, 6.45) is 3.95. The molecule has 0 bridgehead atoms. The van der Waals surface area contributed by atoms with Crippen molar-refractivity contribution in [2.45, 2.75) is 44.4 Å². The van der Waals surface area contributed by atoms with Crippen molar-refractivity contribution in [3.63, 3.8) is 0 Å². The minimum absolute atomic E-state index is 0.00279. The third-order valence-electron chi connectivity index (χ3n) is 4.89. The molecule has 0 aromatic heterocycles. The summed E-state index contributed by atoms with van der Waals surface area (Å²) in [5.41, 5.74) is 0.338. The summed E-state index contributed by atoms with van der Waals surface area (Å²) in [5.74, 6) is -0.249. The van der Waals surface area contributed by atoms with Gasteiger partial charge in [0.15, 0.2) is 0 Å². The molecule has 5 nitrogen and oxygen atoms in total. The molecule has 1 aromatic carbocycles. The van der Waals surface area contributed by atoms with Crippen LogP contribution < -0.4 is 10.1 Å². The van der Waals surface area contributed by atoms with E-state index in [1.165, 1.54) is 12.1 Å². The first-order valence-corrected chi connectivity index (χ1v) is 8.79. The van der Waals surface area contributed by atoms with Crippen LogP contribution >= 0.6 is 0 Å². The zero-order valence-corrected chi connectivity index (χ0v) is 14.1. The van der Waals surface area contributed by atoms with Crippen molar-refractivity contribution in [2.75, 3.05) is 26.3 Å². The fraction of sp³-hybridized carbons (Fsp3) is 0.611. The number of halogens is 2. The van der Waals surface area contributed by atoms with Gasteiger partial charge in [-0.05, 0) is 43.9 Å². The van der Waals surface area contributed by atoms with E-state index in [4.69, 9.17) is 4.74 Å². The second kappa shape index (κ2) is 8.58. The zero-order valence-electron chi connectivity index (χ0n) is 14.1. The number of nitrogens with zero attached hydrogens (tertiary/aromatic N) is 1. The number of hydrogen-bond donors (Lipinski definition) is 1. The molecule has 0 unspecified atom stereocenters. The number of benzene rings is 1. The molecular weight excluding hydrogens is 330 g/mol. The number of piperidine rings is 1. The Labute approximate surface area is 146 Å². The normalized spacial score (nSPS) is 20.6. The number of rotatable bonds is 5. The van der Waals surface area contributed by atoms with E-state index in [0.717, 1.165) is 52.0 Å². The summed E-state index contributed by atoms with van der Waals surface area (Å²) in [4.78, 5) is 14.8. The average molecular weight is 354 g/mol. The van der Waals surface area contributed by atoms with Gasteiger partial charge in [0, 0.05) is 44.0 Å². The molecule has 2 saturated heterocycles. The number of carbonyl (C=O) groups excluding carboxylic acids is 1. The average Bonchev–Trinajstić information content (AvgIpc) is 2.63. The van der Waals surface area contributed by atoms with Crippen molar-refractivity contribution in [1.82, 2.24) is 10.2 Å². The lowest BCUT2D eigenvalue weighted by atomic mass is 9.99. The third-order valence-corrected chi connectivity index (χ3v) is 4.89. The maximum Gasteiger partial charge on any atom is 0.387 e. The standard InChI is InChI=1S/C18H24F2N2O3/c19-18(20)25-16-3-1-2-13(12-16)17(23)21-14-4-8-22(9-5-14)15-6-10-24-11-7-15/h1-3,12,14-15,18H,4-11H2,(H,21,23). The van der Waals surface area contributed by atoms with Gasteiger partial charge >= 0.3 is 6.61 Å². The summed E-state index contributed by atoms with van der Waals surface area (Å²) in [6.45, 7) is 0.693. The van der Waals surface area contributed by atoms with E-state index in [-0.39, 0.29) is 17.7 Å². The quantitative estimate of drug-likeness (QED) is 0.883. The molecule has 2 heterocycles. The molecule has 0 radical (unpaired) electrons. The number of ether oxygens (including phenoxy) is 2. The molecule has 3 rings (SSSR count). The molecular formula is C18H24F2N2O3. The van der Waals surface area contributed by atoms with Crippen LogP contribution in [0.2, 0.25) is 0 Å². The highest BCUT2D eigenvalue weighted by Crippen LogP contribution is 2.21. The molecule has 1 amide bonds. The van der Waals surface area contributed by atoms with Crippen molar-refractivity contribution < 1.29 is 23.0 Å². The van der Waals surface area contributed by atoms with Crippen molar-refractivity contribution >= 4 is 5.91 Å². The number of likely N-dealkylation sites (tertiary alicyclic amines) is 1. The van der Waals surface area contributed by atoms with E-state index in [0.29, 0.717) is 11.6 Å². The second-order valence-electron chi connectivity index (χ2n) is 6.53. The van der Waals surface area contributed by atoms with Crippen LogP contribution in [-0.4, -0.2) is 55.8 Å². The van der Waals surface area contributed by atoms with Gasteiger partial charge in [-0.25, -0.2) is 0 Å². The number of alkyl halides is 2. The minimum Gasteiger partial charge on any atom is -0.435 e. The largest absolute Gasteiger partial charge is 0.435 e. The van der Waals surface area contributed by atoms with Crippen LogP contribution in [-0.2, 0) is 4.74 Å². The molecule has 7 heteroatoms. The Bertz CT molecular complexity index is 571. The SMILES string of the molecule is O=C(NC1CCN(C2CCOCC2)CC1)c1cccc(OC(F)F)c1. The van der Waals surface area contributed by atoms with Crippen molar-refractivity contribution in [3.05, 3.63) is 29.8 Å². The molecule has 2 aliphatic rings. The van der Waals surface area contributed by atoms with Crippen molar-refractivity contribution in [2.24, 2.45) is 0 Å². The van der Waals surface area contributed by atoms with Gasteiger partial charge in [0.25, 0.3) is 5.91 Å². The maximum atomic E-state index is 12.3. The Hall–Kier alpha value is -1.73. The van der Waals surface area contributed by atoms with Crippen LogP contribution in [0.3, 0.4) is 0 Å². The number of carbonyl (C=O) groups is 1. The first-order valence-electron chi connectivity index (χ1n) is 8.79. The van der Waals surface area contributed by atoms with Crippen LogP contribution in [0.15, 0.2) is 24.3 Å². The summed E-state index contributed by atoms with van der Waals surface area (Å²) in [5, 5.41) is 3.01. The van der Waals surface area contributed by atoms with Crippen LogP contribution in [0.4, 0.5) is 8.78 Å². The minimum atomic E-state index is -2.90. The van der Waals surface area contributed by atoms with E-state index in [2.05, 4.69) is 15.0 Å². The van der Waals surface area contributed by atoms with Gasteiger partial charge in [-0.1, -0.05) is 6.07 Å². The monoisotopic (exact) mass is 354 g/mol. The Morgan fingerprint density at radius 3 is 2.60 bits per heavy atom. The Morgan fingerprint density at radius 1 is 1.20 bits per heavy atom. The molecule has 0 saturated carbocycles. The lowest BCUT2D eigenvalue weighted by Gasteiger charge is -2.39. The van der Waals surface area contributed by atoms with Gasteiger partial charge in [0.1, 0.15) is 5.75 Å². The smallest absolute Gasteiger partial charge is 0.387 e. The maximum absolute atomic E-state index is 12.3. The van der Waals surface area contributed by atoms with Crippen molar-refractivity contribution in [3.8, 4) is 5.75 Å². The van der Waals surface area contributed by atoms with Gasteiger partial charge in [-0.15, -0.1) is 0 Å². The van der Waals surface area contributed by atoms with Crippen LogP contribution in [0.5, 0.6) is 5.75 Å². The highest BCUT2D eigenvalue weighted by atomic mass is 19.3. The molecule has 2 fully saturated rings. The molecule has 0 atom stereocenters. The number of amides is 1. The Balaban J connectivity index is 1.49. The van der Waals surface area contributed by atoms with Gasteiger partial charge in [-0.3, -0.25) is 4.79 Å². The first kappa shape index (κ1) is 18.1. The summed E-state index contributed by atoms with van der Waals surface area (Å²) < 4.78 is 34.3. The highest BCUT2D eigenvalue weighted by molar-refractivity contribution is 5.94. The molecule has 25 heavy (non-hydrogen) atoms. The highest BCUT2D eigenvalue weighted by Gasteiger charge is 2.27. The molecule has 1 aromatic rings. The van der Waals surface area contributed by atoms with Crippen LogP contribution in [0.25, 0.3) is 0 Å². The molecule has 0 spiro atoms. The van der Waals surface area contributed by atoms with E-state index in [1.807, 2.05) is 0 Å². The molecule has 0 aliphatic carbocycles. The Morgan fingerprint density at radius 2 is 1.92 bits per heavy atom. The predicted molar refractivity (Wildman–Crippen MR) is 89.0 cm³/mol. The van der Waals surface area contributed by atoms with Gasteiger partial charge in [0.05, 0.1) is 0 Å². The number of hydrogen-bond acceptors (Lipinski definition) is 4. The molecule has 2 aliphatic heterocycles. The summed E-state index contributed by atoms with van der Waals surface area (Å²) >= 11 is 0. The van der Waals surface area contributed by atoms with Gasteiger partial charge in [-0.2, -0.15) is 8.78 Å². The van der Waals surface area contributed by atoms with Gasteiger partial charge < -0.3 is 19.7 Å². The lowest BCUT2D eigenvalue weighted by molar-refractivity contribution is -0.0498. The van der Waals surface area contributed by atoms with E-state index in [1.54, 1.807) is 12.1 Å². The van der Waals surface area contributed by atoms with Crippen molar-refractivity contribution in [1.29, 1.82) is 0 Å². The van der Waals surface area contributed by atoms with E-state index < -0.39 is 6.61 Å². The third kappa shape index (κ3) is 5.12. The van der Waals surface area contributed by atoms with Gasteiger partial charge in [0.2, 0.25) is 0 Å². The topological polar surface area (TPSA) is 50.8 Å². The molecule has 1 N–H and O–H groups in total. The van der Waals surface area contributed by atoms with E-state index in [9.17, 15) is 13.6 Å². The van der Waals surface area contributed by atoms with Crippen LogP contribution in [0, 0.1) is 0 Å². The first-order chi connectivity index (χ1) is 12.1. The fourth-order valence-corrected chi connectivity index (χ4v) is 3.54. The zero-order chi connectivity index (χ0) is 17.6. The molecule has 138 valence electrons. The van der Waals surface area contributed by atoms with Crippen LogP contribution in [0.1, 0.15) is 36.0 Å².